The summed E-state index contributed by atoms with van der Waals surface area (Å²) in [5.74, 6) is 0. The fourth-order valence-electron chi connectivity index (χ4n) is 2.70. The monoisotopic (exact) mass is 341 g/mol. The Balaban J connectivity index is 2.33. The molecule has 1 heterocycles. The molecular weight excluding hydrogens is 326 g/mol. The number of benzene rings is 2. The minimum Gasteiger partial charge on any atom is -0.338 e. The summed E-state index contributed by atoms with van der Waals surface area (Å²) in [5, 5.41) is 0.740. The molecule has 0 fully saturated rings. The average molecular weight is 342 g/mol. The molecule has 0 aliphatic carbocycles. The zero-order valence-corrected chi connectivity index (χ0v) is 13.6. The van der Waals surface area contributed by atoms with E-state index in [0.717, 1.165) is 15.4 Å². The Hall–Kier alpha value is -1.87. The Labute approximate surface area is 132 Å². The van der Waals surface area contributed by atoms with Crippen LogP contribution in [0.1, 0.15) is 19.4 Å². The fourth-order valence-corrected chi connectivity index (χ4v) is 3.05. The van der Waals surface area contributed by atoms with Crippen LogP contribution >= 0.6 is 15.9 Å². The molecule has 0 atom stereocenters. The van der Waals surface area contributed by atoms with Gasteiger partial charge in [-0.15, -0.1) is 0 Å². The molecule has 0 aliphatic heterocycles. The van der Waals surface area contributed by atoms with Crippen LogP contribution in [0.3, 0.4) is 0 Å². The van der Waals surface area contributed by atoms with Gasteiger partial charge in [0.2, 0.25) is 0 Å². The van der Waals surface area contributed by atoms with Crippen LogP contribution in [-0.4, -0.2) is 4.57 Å². The Morgan fingerprint density at radius 1 is 1.00 bits per heavy atom. The summed E-state index contributed by atoms with van der Waals surface area (Å²) in [6.45, 7) is 4.32. The molecule has 1 aromatic heterocycles. The van der Waals surface area contributed by atoms with E-state index in [2.05, 4.69) is 46.5 Å². The number of rotatable bonds is 2. The maximum Gasteiger partial charge on any atom is 0.189 e. The number of fused-ring (bicyclic) bond motifs is 1. The molecule has 3 heteroatoms. The molecule has 0 N–H and O–H groups in total. The van der Waals surface area contributed by atoms with E-state index in [4.69, 9.17) is 0 Å². The van der Waals surface area contributed by atoms with Gasteiger partial charge in [0, 0.05) is 22.1 Å². The van der Waals surface area contributed by atoms with Gasteiger partial charge in [0.05, 0.1) is 11.1 Å². The summed E-state index contributed by atoms with van der Waals surface area (Å²) in [6.07, 6.45) is 1.88. The Kier molecular flexibility index (Phi) is 3.46. The Morgan fingerprint density at radius 2 is 1.71 bits per heavy atom. The first-order valence-electron chi connectivity index (χ1n) is 6.87. The van der Waals surface area contributed by atoms with Crippen LogP contribution < -0.4 is 5.43 Å². The number of hydrogen-bond donors (Lipinski definition) is 0. The highest BCUT2D eigenvalue weighted by Crippen LogP contribution is 2.29. The molecule has 0 saturated carbocycles. The lowest BCUT2D eigenvalue weighted by Gasteiger charge is -2.30. The topological polar surface area (TPSA) is 22.0 Å². The quantitative estimate of drug-likeness (QED) is 0.670. The fraction of sp³-hybridized carbons (Fsp3) is 0.167. The molecule has 3 rings (SSSR count). The standard InChI is InChI=1S/C18H16BrNO/c1-18(2,13-6-4-3-5-7-13)20-11-10-17(21)15-9-8-14(19)12-16(15)20/h3-12H,1-2H3. The molecular formula is C18H16BrNO. The van der Waals surface area contributed by atoms with Crippen molar-refractivity contribution in [2.75, 3.05) is 0 Å². The van der Waals surface area contributed by atoms with E-state index in [1.165, 1.54) is 5.56 Å². The lowest BCUT2D eigenvalue weighted by Crippen LogP contribution is -2.29. The molecule has 2 nitrogen and oxygen atoms in total. The first kappa shape index (κ1) is 14.1. The van der Waals surface area contributed by atoms with Crippen molar-refractivity contribution in [2.45, 2.75) is 19.4 Å². The van der Waals surface area contributed by atoms with Crippen LogP contribution in [0.2, 0.25) is 0 Å². The van der Waals surface area contributed by atoms with Gasteiger partial charge in [0.15, 0.2) is 5.43 Å². The molecule has 0 saturated heterocycles. The van der Waals surface area contributed by atoms with Crippen molar-refractivity contribution in [1.82, 2.24) is 4.57 Å². The number of pyridine rings is 1. The highest BCUT2D eigenvalue weighted by Gasteiger charge is 2.23. The maximum absolute atomic E-state index is 12.1. The van der Waals surface area contributed by atoms with Crippen LogP contribution in [0, 0.1) is 0 Å². The van der Waals surface area contributed by atoms with Gasteiger partial charge in [0.1, 0.15) is 0 Å². The molecule has 0 amide bonds. The third-order valence-electron chi connectivity index (χ3n) is 3.94. The first-order valence-corrected chi connectivity index (χ1v) is 7.66. The van der Waals surface area contributed by atoms with Crippen molar-refractivity contribution in [1.29, 1.82) is 0 Å². The molecule has 0 spiro atoms. The van der Waals surface area contributed by atoms with Gasteiger partial charge in [-0.3, -0.25) is 4.79 Å². The van der Waals surface area contributed by atoms with Crippen molar-refractivity contribution in [3.05, 3.63) is 81.1 Å². The molecule has 0 unspecified atom stereocenters. The largest absolute Gasteiger partial charge is 0.338 e. The van der Waals surface area contributed by atoms with E-state index in [0.29, 0.717) is 0 Å². The van der Waals surface area contributed by atoms with Gasteiger partial charge in [-0.1, -0.05) is 46.3 Å². The smallest absolute Gasteiger partial charge is 0.189 e. The number of halogens is 1. The lowest BCUT2D eigenvalue weighted by molar-refractivity contribution is 0.448. The second-order valence-corrected chi connectivity index (χ2v) is 6.55. The predicted octanol–water partition coefficient (Wildman–Crippen LogP) is 4.55. The van der Waals surface area contributed by atoms with Crippen molar-refractivity contribution in [3.8, 4) is 0 Å². The van der Waals surface area contributed by atoms with Crippen LogP contribution in [-0.2, 0) is 5.54 Å². The van der Waals surface area contributed by atoms with Crippen LogP contribution in [0.5, 0.6) is 0 Å². The zero-order valence-electron chi connectivity index (χ0n) is 12.0. The molecule has 106 valence electrons. The van der Waals surface area contributed by atoms with E-state index < -0.39 is 0 Å². The third-order valence-corrected chi connectivity index (χ3v) is 4.44. The number of nitrogens with zero attached hydrogens (tertiary/aromatic N) is 1. The number of aromatic nitrogens is 1. The average Bonchev–Trinajstić information content (AvgIpc) is 2.48. The Bertz CT molecular complexity index is 850. The molecule has 3 aromatic rings. The van der Waals surface area contributed by atoms with Crippen molar-refractivity contribution in [2.24, 2.45) is 0 Å². The maximum atomic E-state index is 12.1. The highest BCUT2D eigenvalue weighted by molar-refractivity contribution is 9.10. The molecule has 0 aliphatic rings. The number of hydrogen-bond acceptors (Lipinski definition) is 1. The highest BCUT2D eigenvalue weighted by atomic mass is 79.9. The third kappa shape index (κ3) is 2.42. The second kappa shape index (κ2) is 5.15. The molecule has 0 bridgehead atoms. The summed E-state index contributed by atoms with van der Waals surface area (Å²) in [4.78, 5) is 12.1. The van der Waals surface area contributed by atoms with E-state index in [9.17, 15) is 4.79 Å². The van der Waals surface area contributed by atoms with Gasteiger partial charge in [-0.05, 0) is 37.6 Å². The van der Waals surface area contributed by atoms with Gasteiger partial charge in [-0.2, -0.15) is 0 Å². The van der Waals surface area contributed by atoms with E-state index in [1.54, 1.807) is 6.07 Å². The van der Waals surface area contributed by atoms with Crippen molar-refractivity contribution < 1.29 is 0 Å². The summed E-state index contributed by atoms with van der Waals surface area (Å²) < 4.78 is 3.13. The minimum absolute atomic E-state index is 0.0533. The van der Waals surface area contributed by atoms with E-state index in [-0.39, 0.29) is 11.0 Å². The predicted molar refractivity (Wildman–Crippen MR) is 90.8 cm³/mol. The van der Waals surface area contributed by atoms with Gasteiger partial charge >= 0.3 is 0 Å². The molecule has 2 aromatic carbocycles. The Morgan fingerprint density at radius 3 is 2.43 bits per heavy atom. The minimum atomic E-state index is -0.242. The van der Waals surface area contributed by atoms with Crippen molar-refractivity contribution >= 4 is 26.8 Å². The van der Waals surface area contributed by atoms with Gasteiger partial charge in [-0.25, -0.2) is 0 Å². The normalized spacial score (nSPS) is 11.8. The van der Waals surface area contributed by atoms with E-state index in [1.807, 2.05) is 42.6 Å². The van der Waals surface area contributed by atoms with Crippen molar-refractivity contribution in [3.63, 3.8) is 0 Å². The van der Waals surface area contributed by atoms with Crippen LogP contribution in [0.25, 0.3) is 10.9 Å². The van der Waals surface area contributed by atoms with E-state index >= 15 is 0 Å². The van der Waals surface area contributed by atoms with Gasteiger partial charge < -0.3 is 4.57 Å². The first-order chi connectivity index (χ1) is 10.00. The summed E-state index contributed by atoms with van der Waals surface area (Å²) in [5.41, 5.74) is 1.95. The molecule has 0 radical (unpaired) electrons. The van der Waals surface area contributed by atoms with Gasteiger partial charge in [0.25, 0.3) is 0 Å². The SMILES string of the molecule is CC(C)(c1ccccc1)n1ccc(=O)c2ccc(Br)cc21. The second-order valence-electron chi connectivity index (χ2n) is 5.64. The summed E-state index contributed by atoms with van der Waals surface area (Å²) in [6, 6.07) is 17.7. The lowest BCUT2D eigenvalue weighted by atomic mass is 9.93. The van der Waals surface area contributed by atoms with Crippen LogP contribution in [0.4, 0.5) is 0 Å². The van der Waals surface area contributed by atoms with Crippen LogP contribution in [0.15, 0.2) is 70.1 Å². The zero-order chi connectivity index (χ0) is 15.0. The molecule has 21 heavy (non-hydrogen) atoms. The summed E-state index contributed by atoms with van der Waals surface area (Å²) >= 11 is 3.50. The summed E-state index contributed by atoms with van der Waals surface area (Å²) in [7, 11) is 0.